The maximum atomic E-state index is 12.5. The molecule has 0 unspecified atom stereocenters. The molecule has 104 valence electrons. The van der Waals surface area contributed by atoms with Gasteiger partial charge in [0.1, 0.15) is 5.40 Å². The predicted molar refractivity (Wildman–Crippen MR) is 84.5 cm³/mol. The lowest BCUT2D eigenvalue weighted by Crippen LogP contribution is -2.49. The zero-order chi connectivity index (χ0) is 14.9. The van der Waals surface area contributed by atoms with Crippen molar-refractivity contribution in [3.05, 3.63) is 35.4 Å². The SMILES string of the molecule is CC1=CC(C)(C)N(C(=O)CSC#N)c2cc(C)ccc21. The third kappa shape index (κ3) is 2.59. The zero-order valence-corrected chi connectivity index (χ0v) is 13.0. The van der Waals surface area contributed by atoms with Crippen molar-refractivity contribution in [3.8, 4) is 5.40 Å². The minimum atomic E-state index is -0.377. The fourth-order valence-electron chi connectivity index (χ4n) is 2.76. The third-order valence-corrected chi connectivity index (χ3v) is 4.00. The number of anilines is 1. The molecule has 0 N–H and O–H groups in total. The van der Waals surface area contributed by atoms with E-state index in [9.17, 15) is 4.79 Å². The van der Waals surface area contributed by atoms with Crippen LogP contribution in [0.5, 0.6) is 0 Å². The first kappa shape index (κ1) is 14.7. The lowest BCUT2D eigenvalue weighted by molar-refractivity contribution is -0.116. The van der Waals surface area contributed by atoms with E-state index in [1.165, 1.54) is 5.57 Å². The van der Waals surface area contributed by atoms with Crippen LogP contribution in [0.3, 0.4) is 0 Å². The maximum absolute atomic E-state index is 12.5. The van der Waals surface area contributed by atoms with Gasteiger partial charge in [0.25, 0.3) is 0 Å². The molecule has 0 aromatic heterocycles. The van der Waals surface area contributed by atoms with Crippen LogP contribution in [0, 0.1) is 17.6 Å². The lowest BCUT2D eigenvalue weighted by atomic mass is 9.88. The molecule has 1 aromatic rings. The number of fused-ring (bicyclic) bond motifs is 1. The number of hydrogen-bond acceptors (Lipinski definition) is 3. The van der Waals surface area contributed by atoms with Crippen LogP contribution < -0.4 is 4.90 Å². The highest BCUT2D eigenvalue weighted by atomic mass is 32.2. The molecule has 0 aliphatic carbocycles. The van der Waals surface area contributed by atoms with Gasteiger partial charge in [0.15, 0.2) is 0 Å². The molecule has 1 aliphatic rings. The second-order valence-corrected chi connectivity index (χ2v) is 6.37. The van der Waals surface area contributed by atoms with Crippen molar-refractivity contribution >= 4 is 28.9 Å². The first-order chi connectivity index (χ1) is 9.36. The van der Waals surface area contributed by atoms with Gasteiger partial charge in [-0.2, -0.15) is 5.26 Å². The number of carbonyl (C=O) groups is 1. The summed E-state index contributed by atoms with van der Waals surface area (Å²) >= 11 is 0.984. The zero-order valence-electron chi connectivity index (χ0n) is 12.2. The van der Waals surface area contributed by atoms with E-state index < -0.39 is 0 Å². The predicted octanol–water partition coefficient (Wildman–Crippen LogP) is 3.74. The van der Waals surface area contributed by atoms with Crippen LogP contribution in [0.2, 0.25) is 0 Å². The van der Waals surface area contributed by atoms with Crippen LogP contribution >= 0.6 is 11.8 Å². The standard InChI is InChI=1S/C16H18N2OS/c1-11-5-6-13-12(2)8-16(3,4)18(14(13)7-11)15(19)9-20-10-17/h5-8H,9H2,1-4H3. The topological polar surface area (TPSA) is 44.1 Å². The number of allylic oxidation sites excluding steroid dienone is 1. The van der Waals surface area contributed by atoms with Gasteiger partial charge >= 0.3 is 0 Å². The Balaban J connectivity index is 2.53. The largest absolute Gasteiger partial charge is 0.302 e. The number of thiocyanates is 1. The van der Waals surface area contributed by atoms with E-state index in [2.05, 4.69) is 25.1 Å². The summed E-state index contributed by atoms with van der Waals surface area (Å²) in [6, 6.07) is 6.16. The summed E-state index contributed by atoms with van der Waals surface area (Å²) < 4.78 is 0. The van der Waals surface area contributed by atoms with Crippen LogP contribution in [0.4, 0.5) is 5.69 Å². The molecular formula is C16H18N2OS. The second-order valence-electron chi connectivity index (χ2n) is 5.61. The summed E-state index contributed by atoms with van der Waals surface area (Å²) in [5.74, 6) is 0.150. The van der Waals surface area contributed by atoms with E-state index in [0.717, 1.165) is 28.6 Å². The summed E-state index contributed by atoms with van der Waals surface area (Å²) in [7, 11) is 0. The molecule has 2 rings (SSSR count). The molecule has 1 amide bonds. The van der Waals surface area contributed by atoms with Crippen molar-refractivity contribution < 1.29 is 4.79 Å². The second kappa shape index (κ2) is 5.34. The van der Waals surface area contributed by atoms with Crippen molar-refractivity contribution in [1.82, 2.24) is 0 Å². The highest BCUT2D eigenvalue weighted by Gasteiger charge is 2.35. The first-order valence-corrected chi connectivity index (χ1v) is 7.50. The number of rotatable bonds is 2. The maximum Gasteiger partial charge on any atom is 0.238 e. The van der Waals surface area contributed by atoms with Crippen molar-refractivity contribution in [2.24, 2.45) is 0 Å². The molecule has 0 radical (unpaired) electrons. The van der Waals surface area contributed by atoms with Gasteiger partial charge in [-0.3, -0.25) is 4.79 Å². The summed E-state index contributed by atoms with van der Waals surface area (Å²) in [5.41, 5.74) is 3.96. The first-order valence-electron chi connectivity index (χ1n) is 6.51. The fourth-order valence-corrected chi connectivity index (χ4v) is 3.07. The van der Waals surface area contributed by atoms with Gasteiger partial charge in [-0.15, -0.1) is 0 Å². The van der Waals surface area contributed by atoms with Gasteiger partial charge in [-0.25, -0.2) is 0 Å². The van der Waals surface area contributed by atoms with E-state index in [1.54, 1.807) is 0 Å². The number of amides is 1. The average Bonchev–Trinajstić information content (AvgIpc) is 2.34. The molecule has 0 spiro atoms. The van der Waals surface area contributed by atoms with Crippen LogP contribution in [0.25, 0.3) is 5.57 Å². The van der Waals surface area contributed by atoms with E-state index in [1.807, 2.05) is 37.1 Å². The quantitative estimate of drug-likeness (QED) is 0.778. The number of aryl methyl sites for hydroxylation is 1. The van der Waals surface area contributed by atoms with Gasteiger partial charge in [-0.1, -0.05) is 18.2 Å². The number of thioether (sulfide) groups is 1. The molecule has 0 saturated carbocycles. The number of benzene rings is 1. The van der Waals surface area contributed by atoms with Gasteiger partial charge < -0.3 is 4.90 Å². The van der Waals surface area contributed by atoms with Crippen LogP contribution in [0.1, 0.15) is 31.9 Å². The highest BCUT2D eigenvalue weighted by molar-refractivity contribution is 8.04. The lowest BCUT2D eigenvalue weighted by Gasteiger charge is -2.41. The average molecular weight is 286 g/mol. The Morgan fingerprint density at radius 1 is 1.40 bits per heavy atom. The van der Waals surface area contributed by atoms with Crippen LogP contribution in [-0.4, -0.2) is 17.2 Å². The Morgan fingerprint density at radius 3 is 2.75 bits per heavy atom. The Hall–Kier alpha value is -1.73. The summed E-state index contributed by atoms with van der Waals surface area (Å²) in [5, 5.41) is 10.6. The summed E-state index contributed by atoms with van der Waals surface area (Å²) in [6.07, 6.45) is 2.11. The fraction of sp³-hybridized carbons (Fsp3) is 0.375. The number of carbonyl (C=O) groups excluding carboxylic acids is 1. The van der Waals surface area contributed by atoms with Crippen molar-refractivity contribution in [1.29, 1.82) is 5.26 Å². The third-order valence-electron chi connectivity index (χ3n) is 3.47. The minimum Gasteiger partial charge on any atom is -0.302 e. The van der Waals surface area contributed by atoms with Crippen molar-refractivity contribution in [2.45, 2.75) is 33.2 Å². The van der Waals surface area contributed by atoms with Gasteiger partial charge in [0.2, 0.25) is 5.91 Å². The molecular weight excluding hydrogens is 268 g/mol. The van der Waals surface area contributed by atoms with Crippen molar-refractivity contribution in [3.63, 3.8) is 0 Å². The normalized spacial score (nSPS) is 16.1. The van der Waals surface area contributed by atoms with E-state index in [4.69, 9.17) is 5.26 Å². The summed E-state index contributed by atoms with van der Waals surface area (Å²) in [6.45, 7) is 8.14. The van der Waals surface area contributed by atoms with Gasteiger partial charge in [-0.05, 0) is 56.7 Å². The number of nitrogens with zero attached hydrogens (tertiary/aromatic N) is 2. The van der Waals surface area contributed by atoms with E-state index >= 15 is 0 Å². The highest BCUT2D eigenvalue weighted by Crippen LogP contribution is 2.39. The molecule has 1 aliphatic heterocycles. The molecule has 0 atom stereocenters. The molecule has 4 heteroatoms. The Bertz CT molecular complexity index is 626. The number of hydrogen-bond donors (Lipinski definition) is 0. The Labute approximate surface area is 124 Å². The Morgan fingerprint density at radius 2 is 2.10 bits per heavy atom. The van der Waals surface area contributed by atoms with Gasteiger partial charge in [0.05, 0.1) is 17.0 Å². The molecule has 1 aromatic carbocycles. The molecule has 20 heavy (non-hydrogen) atoms. The van der Waals surface area contributed by atoms with E-state index in [0.29, 0.717) is 0 Å². The number of nitriles is 1. The van der Waals surface area contributed by atoms with E-state index in [-0.39, 0.29) is 17.2 Å². The van der Waals surface area contributed by atoms with Crippen LogP contribution in [-0.2, 0) is 4.79 Å². The molecule has 0 saturated heterocycles. The minimum absolute atomic E-state index is 0.0304. The summed E-state index contributed by atoms with van der Waals surface area (Å²) in [4.78, 5) is 14.3. The van der Waals surface area contributed by atoms with Crippen LogP contribution in [0.15, 0.2) is 24.3 Å². The van der Waals surface area contributed by atoms with Gasteiger partial charge in [0, 0.05) is 5.56 Å². The smallest absolute Gasteiger partial charge is 0.238 e. The van der Waals surface area contributed by atoms with Crippen molar-refractivity contribution in [2.75, 3.05) is 10.7 Å². The molecule has 0 fully saturated rings. The molecule has 3 nitrogen and oxygen atoms in total. The molecule has 1 heterocycles. The Kier molecular flexibility index (Phi) is 3.92. The molecule has 0 bridgehead atoms. The monoisotopic (exact) mass is 286 g/mol.